The van der Waals surface area contributed by atoms with Gasteiger partial charge < -0.3 is 9.47 Å². The molecule has 1 atom stereocenters. The number of esters is 1. The fourth-order valence-electron chi connectivity index (χ4n) is 2.94. The van der Waals surface area contributed by atoms with Crippen LogP contribution in [-0.4, -0.2) is 18.9 Å². The first-order chi connectivity index (χ1) is 11.7. The molecule has 3 nitrogen and oxygen atoms in total. The number of rotatable bonds is 14. The molecule has 0 saturated carbocycles. The highest BCUT2D eigenvalue weighted by molar-refractivity contribution is 5.84. The van der Waals surface area contributed by atoms with Crippen LogP contribution < -0.4 is 0 Å². The minimum atomic E-state index is -0.793. The zero-order valence-corrected chi connectivity index (χ0v) is 15.5. The van der Waals surface area contributed by atoms with E-state index < -0.39 is 5.79 Å². The van der Waals surface area contributed by atoms with Crippen LogP contribution in [0.1, 0.15) is 77.6 Å². The van der Waals surface area contributed by atoms with E-state index in [1.807, 2.05) is 6.92 Å². The maximum atomic E-state index is 11.2. The number of allylic oxidation sites excluding steroid dienone is 4. The number of carbonyl (C=O) groups excluding carboxylic acids is 1. The molecular weight excluding hydrogens is 300 g/mol. The smallest absolute Gasteiger partial charge is 0.333 e. The summed E-state index contributed by atoms with van der Waals surface area (Å²) in [6.45, 7) is 2.04. The van der Waals surface area contributed by atoms with Gasteiger partial charge in [0, 0.05) is 19.6 Å². The van der Waals surface area contributed by atoms with Gasteiger partial charge in [-0.2, -0.15) is 0 Å². The third-order valence-corrected chi connectivity index (χ3v) is 4.43. The van der Waals surface area contributed by atoms with E-state index in [2.05, 4.69) is 24.3 Å². The van der Waals surface area contributed by atoms with E-state index >= 15 is 0 Å². The van der Waals surface area contributed by atoms with Gasteiger partial charge >= 0.3 is 5.97 Å². The van der Waals surface area contributed by atoms with Crippen LogP contribution in [0.15, 0.2) is 36.5 Å². The Morgan fingerprint density at radius 2 is 1.62 bits per heavy atom. The van der Waals surface area contributed by atoms with Crippen LogP contribution in [0, 0.1) is 0 Å². The van der Waals surface area contributed by atoms with Crippen molar-refractivity contribution < 1.29 is 14.3 Å². The molecule has 1 rings (SSSR count). The molecule has 136 valence electrons. The standard InChI is InChI=1S/C21H34O3/c1-3-4-5-6-7-8-9-10-11-12-13-14-15-16-18-21(23-2)19-17-20(22)24-21/h3-6,17,19H,7-16,18H2,1-2H3/b4-3+,6-5-/t21-/m1/s1. The predicted octanol–water partition coefficient (Wildman–Crippen LogP) is 5.87. The van der Waals surface area contributed by atoms with Gasteiger partial charge in [-0.15, -0.1) is 0 Å². The summed E-state index contributed by atoms with van der Waals surface area (Å²) in [5.41, 5.74) is 0. The van der Waals surface area contributed by atoms with Crippen molar-refractivity contribution in [2.24, 2.45) is 0 Å². The number of methoxy groups -OCH3 is 1. The first-order valence-corrected chi connectivity index (χ1v) is 9.47. The monoisotopic (exact) mass is 334 g/mol. The fourth-order valence-corrected chi connectivity index (χ4v) is 2.94. The molecule has 24 heavy (non-hydrogen) atoms. The second-order valence-corrected chi connectivity index (χ2v) is 6.44. The highest BCUT2D eigenvalue weighted by Gasteiger charge is 2.34. The average molecular weight is 334 g/mol. The average Bonchev–Trinajstić information content (AvgIpc) is 2.97. The Morgan fingerprint density at radius 1 is 1.00 bits per heavy atom. The molecule has 0 fully saturated rings. The zero-order valence-electron chi connectivity index (χ0n) is 15.5. The number of hydrogen-bond donors (Lipinski definition) is 0. The first kappa shape index (κ1) is 20.7. The van der Waals surface area contributed by atoms with E-state index in [9.17, 15) is 4.79 Å². The van der Waals surface area contributed by atoms with Crippen molar-refractivity contribution in [3.05, 3.63) is 36.5 Å². The molecule has 0 radical (unpaired) electrons. The van der Waals surface area contributed by atoms with E-state index in [-0.39, 0.29) is 5.97 Å². The minimum Gasteiger partial charge on any atom is -0.426 e. The van der Waals surface area contributed by atoms with Crippen molar-refractivity contribution in [3.8, 4) is 0 Å². The van der Waals surface area contributed by atoms with Crippen LogP contribution >= 0.6 is 0 Å². The summed E-state index contributed by atoms with van der Waals surface area (Å²) < 4.78 is 10.6. The number of hydrogen-bond acceptors (Lipinski definition) is 3. The number of carbonyl (C=O) groups is 1. The predicted molar refractivity (Wildman–Crippen MR) is 99.7 cm³/mol. The van der Waals surface area contributed by atoms with Gasteiger partial charge in [-0.1, -0.05) is 69.2 Å². The molecule has 0 aromatic rings. The molecule has 0 aromatic carbocycles. The van der Waals surface area contributed by atoms with Gasteiger partial charge in [-0.25, -0.2) is 4.79 Å². The van der Waals surface area contributed by atoms with E-state index in [1.54, 1.807) is 13.2 Å². The fraction of sp³-hybridized carbons (Fsp3) is 0.667. The Bertz CT molecular complexity index is 423. The lowest BCUT2D eigenvalue weighted by molar-refractivity contribution is -0.190. The normalized spacial score (nSPS) is 20.5. The molecule has 0 spiro atoms. The second kappa shape index (κ2) is 13.0. The van der Waals surface area contributed by atoms with E-state index in [1.165, 1.54) is 63.9 Å². The van der Waals surface area contributed by atoms with Crippen LogP contribution in [0.5, 0.6) is 0 Å². The van der Waals surface area contributed by atoms with Crippen molar-refractivity contribution in [1.29, 1.82) is 0 Å². The van der Waals surface area contributed by atoms with Gasteiger partial charge in [-0.05, 0) is 32.3 Å². The highest BCUT2D eigenvalue weighted by atomic mass is 16.7. The summed E-state index contributed by atoms with van der Waals surface area (Å²) in [5.74, 6) is -1.09. The Morgan fingerprint density at radius 3 is 2.17 bits per heavy atom. The molecule has 0 amide bonds. The molecule has 1 heterocycles. The molecule has 0 aromatic heterocycles. The Balaban J connectivity index is 1.87. The summed E-state index contributed by atoms with van der Waals surface area (Å²) >= 11 is 0. The third kappa shape index (κ3) is 9.07. The van der Waals surface area contributed by atoms with E-state index in [4.69, 9.17) is 9.47 Å². The zero-order chi connectivity index (χ0) is 17.5. The summed E-state index contributed by atoms with van der Waals surface area (Å²) in [4.78, 5) is 11.2. The van der Waals surface area contributed by atoms with Crippen LogP contribution in [0.25, 0.3) is 0 Å². The van der Waals surface area contributed by atoms with Gasteiger partial charge in [0.2, 0.25) is 5.79 Å². The lowest BCUT2D eigenvalue weighted by atomic mass is 10.0. The van der Waals surface area contributed by atoms with Crippen molar-refractivity contribution in [2.75, 3.05) is 7.11 Å². The molecule has 1 aliphatic rings. The Hall–Kier alpha value is -1.35. The van der Waals surface area contributed by atoms with E-state index in [0.717, 1.165) is 12.8 Å². The van der Waals surface area contributed by atoms with E-state index in [0.29, 0.717) is 0 Å². The van der Waals surface area contributed by atoms with Crippen molar-refractivity contribution in [1.82, 2.24) is 0 Å². The summed E-state index contributed by atoms with van der Waals surface area (Å²) in [6, 6.07) is 0. The number of ether oxygens (including phenoxy) is 2. The van der Waals surface area contributed by atoms with Gasteiger partial charge in [0.1, 0.15) is 0 Å². The van der Waals surface area contributed by atoms with Gasteiger partial charge in [0.25, 0.3) is 0 Å². The van der Waals surface area contributed by atoms with Crippen LogP contribution in [-0.2, 0) is 14.3 Å². The Kier molecular flexibility index (Phi) is 11.2. The Labute approximate surface area is 147 Å². The van der Waals surface area contributed by atoms with Gasteiger partial charge in [0.05, 0.1) is 0 Å². The maximum Gasteiger partial charge on any atom is 0.333 e. The molecule has 0 aliphatic carbocycles. The van der Waals surface area contributed by atoms with Crippen molar-refractivity contribution in [3.63, 3.8) is 0 Å². The van der Waals surface area contributed by atoms with Gasteiger partial charge in [-0.3, -0.25) is 0 Å². The number of cyclic esters (lactones) is 1. The first-order valence-electron chi connectivity index (χ1n) is 9.47. The maximum absolute atomic E-state index is 11.2. The topological polar surface area (TPSA) is 35.5 Å². The van der Waals surface area contributed by atoms with Crippen LogP contribution in [0.4, 0.5) is 0 Å². The quantitative estimate of drug-likeness (QED) is 0.226. The second-order valence-electron chi connectivity index (χ2n) is 6.44. The minimum absolute atomic E-state index is 0.297. The lowest BCUT2D eigenvalue weighted by Crippen LogP contribution is -2.30. The molecule has 0 unspecified atom stereocenters. The molecular formula is C21H34O3. The van der Waals surface area contributed by atoms with Gasteiger partial charge in [0.15, 0.2) is 0 Å². The SMILES string of the molecule is C/C=C/C=C\CCCCCCCCCCC[C@]1(OC)C=CC(=O)O1. The molecule has 0 N–H and O–H groups in total. The molecule has 3 heteroatoms. The summed E-state index contributed by atoms with van der Waals surface area (Å²) in [7, 11) is 1.60. The van der Waals surface area contributed by atoms with Crippen molar-refractivity contribution >= 4 is 5.97 Å². The lowest BCUT2D eigenvalue weighted by Gasteiger charge is -2.24. The summed E-state index contributed by atoms with van der Waals surface area (Å²) in [6.07, 6.45) is 25.1. The molecule has 0 saturated heterocycles. The van der Waals surface area contributed by atoms with Crippen molar-refractivity contribution in [2.45, 2.75) is 83.3 Å². The van der Waals surface area contributed by atoms with Crippen LogP contribution in [0.3, 0.4) is 0 Å². The summed E-state index contributed by atoms with van der Waals surface area (Å²) in [5, 5.41) is 0. The largest absolute Gasteiger partial charge is 0.426 e. The number of unbranched alkanes of at least 4 members (excludes halogenated alkanes) is 9. The van der Waals surface area contributed by atoms with Crippen LogP contribution in [0.2, 0.25) is 0 Å². The highest BCUT2D eigenvalue weighted by Crippen LogP contribution is 2.27. The third-order valence-electron chi connectivity index (χ3n) is 4.43. The molecule has 1 aliphatic heterocycles. The molecule has 0 bridgehead atoms.